The van der Waals surface area contributed by atoms with Gasteiger partial charge in [0.15, 0.2) is 0 Å². The van der Waals surface area contributed by atoms with E-state index in [9.17, 15) is 4.79 Å². The number of amides is 1. The van der Waals surface area contributed by atoms with E-state index in [1.807, 2.05) is 0 Å². The van der Waals surface area contributed by atoms with E-state index >= 15 is 0 Å². The molecule has 1 amide bonds. The van der Waals surface area contributed by atoms with E-state index in [0.29, 0.717) is 12.0 Å². The van der Waals surface area contributed by atoms with Gasteiger partial charge in [-0.15, -0.1) is 0 Å². The Hall–Kier alpha value is -0.830. The first-order chi connectivity index (χ1) is 8.34. The molecule has 1 saturated heterocycles. The molecular formula is C14H22N2O. The SMILES string of the molecule is O=C(NC1CC=CCC1)C1NCC2CCCC21. The molecule has 3 nitrogen and oxygen atoms in total. The highest BCUT2D eigenvalue weighted by atomic mass is 16.2. The van der Waals surface area contributed by atoms with E-state index in [0.717, 1.165) is 31.7 Å². The number of nitrogens with one attached hydrogen (secondary N) is 2. The average Bonchev–Trinajstić information content (AvgIpc) is 2.91. The van der Waals surface area contributed by atoms with Crippen LogP contribution in [-0.4, -0.2) is 24.5 Å². The van der Waals surface area contributed by atoms with Crippen LogP contribution in [0.5, 0.6) is 0 Å². The van der Waals surface area contributed by atoms with Crippen LogP contribution in [0.4, 0.5) is 0 Å². The molecule has 4 unspecified atom stereocenters. The van der Waals surface area contributed by atoms with Crippen molar-refractivity contribution in [1.82, 2.24) is 10.6 Å². The van der Waals surface area contributed by atoms with Crippen LogP contribution in [0.3, 0.4) is 0 Å². The number of rotatable bonds is 2. The molecule has 94 valence electrons. The molecule has 0 spiro atoms. The Bertz CT molecular complexity index is 326. The van der Waals surface area contributed by atoms with Gasteiger partial charge in [0.25, 0.3) is 0 Å². The zero-order valence-electron chi connectivity index (χ0n) is 10.3. The highest BCUT2D eigenvalue weighted by molar-refractivity contribution is 5.83. The number of fused-ring (bicyclic) bond motifs is 1. The van der Waals surface area contributed by atoms with Crippen molar-refractivity contribution in [2.75, 3.05) is 6.54 Å². The maximum atomic E-state index is 12.3. The lowest BCUT2D eigenvalue weighted by molar-refractivity contribution is -0.124. The van der Waals surface area contributed by atoms with Crippen molar-refractivity contribution in [2.24, 2.45) is 11.8 Å². The monoisotopic (exact) mass is 234 g/mol. The van der Waals surface area contributed by atoms with Crippen molar-refractivity contribution >= 4 is 5.91 Å². The smallest absolute Gasteiger partial charge is 0.237 e. The topological polar surface area (TPSA) is 41.1 Å². The molecule has 3 rings (SSSR count). The van der Waals surface area contributed by atoms with Crippen molar-refractivity contribution in [1.29, 1.82) is 0 Å². The van der Waals surface area contributed by atoms with E-state index in [1.54, 1.807) is 0 Å². The van der Waals surface area contributed by atoms with Crippen LogP contribution < -0.4 is 10.6 Å². The molecule has 2 N–H and O–H groups in total. The normalized spacial score (nSPS) is 40.2. The molecule has 0 aromatic heterocycles. The fraction of sp³-hybridized carbons (Fsp3) is 0.786. The summed E-state index contributed by atoms with van der Waals surface area (Å²) in [6.45, 7) is 1.05. The first-order valence-corrected chi connectivity index (χ1v) is 7.03. The Labute approximate surface area is 103 Å². The van der Waals surface area contributed by atoms with Crippen LogP contribution in [-0.2, 0) is 4.79 Å². The largest absolute Gasteiger partial charge is 0.352 e. The minimum atomic E-state index is 0.0911. The summed E-state index contributed by atoms with van der Waals surface area (Å²) >= 11 is 0. The second-order valence-electron chi connectivity index (χ2n) is 5.73. The third-order valence-corrected chi connectivity index (χ3v) is 4.64. The zero-order valence-corrected chi connectivity index (χ0v) is 10.3. The van der Waals surface area contributed by atoms with Gasteiger partial charge in [0.05, 0.1) is 6.04 Å². The molecule has 3 aliphatic rings. The lowest BCUT2D eigenvalue weighted by Gasteiger charge is -2.24. The maximum Gasteiger partial charge on any atom is 0.237 e. The van der Waals surface area contributed by atoms with Gasteiger partial charge < -0.3 is 10.6 Å². The van der Waals surface area contributed by atoms with E-state index in [2.05, 4.69) is 22.8 Å². The van der Waals surface area contributed by atoms with E-state index < -0.39 is 0 Å². The molecule has 3 heteroatoms. The van der Waals surface area contributed by atoms with Crippen LogP contribution in [0, 0.1) is 11.8 Å². The van der Waals surface area contributed by atoms with Gasteiger partial charge in [0.2, 0.25) is 5.91 Å². The van der Waals surface area contributed by atoms with Gasteiger partial charge in [-0.2, -0.15) is 0 Å². The van der Waals surface area contributed by atoms with Gasteiger partial charge in [-0.3, -0.25) is 4.79 Å². The summed E-state index contributed by atoms with van der Waals surface area (Å²) in [4.78, 5) is 12.3. The molecular weight excluding hydrogens is 212 g/mol. The van der Waals surface area contributed by atoms with E-state index in [1.165, 1.54) is 19.3 Å². The van der Waals surface area contributed by atoms with Gasteiger partial charge in [0.1, 0.15) is 0 Å². The summed E-state index contributed by atoms with van der Waals surface area (Å²) in [6, 6.07) is 0.461. The fourth-order valence-corrected chi connectivity index (χ4v) is 3.69. The van der Waals surface area contributed by atoms with Crippen LogP contribution in [0.1, 0.15) is 38.5 Å². The molecule has 1 aliphatic heterocycles. The Morgan fingerprint density at radius 3 is 3.00 bits per heavy atom. The third kappa shape index (κ3) is 2.25. The van der Waals surface area contributed by atoms with Crippen molar-refractivity contribution in [3.8, 4) is 0 Å². The lowest BCUT2D eigenvalue weighted by atomic mass is 9.93. The van der Waals surface area contributed by atoms with E-state index in [-0.39, 0.29) is 11.9 Å². The Kier molecular flexibility index (Phi) is 3.19. The van der Waals surface area contributed by atoms with Gasteiger partial charge in [0, 0.05) is 6.04 Å². The molecule has 0 aromatic rings. The van der Waals surface area contributed by atoms with Crippen LogP contribution in [0.15, 0.2) is 12.2 Å². The summed E-state index contributed by atoms with van der Waals surface area (Å²) < 4.78 is 0. The number of carbonyl (C=O) groups is 1. The second-order valence-corrected chi connectivity index (χ2v) is 5.73. The van der Waals surface area contributed by atoms with Gasteiger partial charge in [-0.1, -0.05) is 18.6 Å². The highest BCUT2D eigenvalue weighted by Crippen LogP contribution is 2.37. The quantitative estimate of drug-likeness (QED) is 0.713. The van der Waals surface area contributed by atoms with Crippen molar-refractivity contribution in [2.45, 2.75) is 50.6 Å². The van der Waals surface area contributed by atoms with Gasteiger partial charge in [-0.05, 0) is 50.5 Å². The molecule has 0 radical (unpaired) electrons. The predicted octanol–water partition coefficient (Wildman–Crippen LogP) is 1.60. The van der Waals surface area contributed by atoms with Gasteiger partial charge in [-0.25, -0.2) is 0 Å². The molecule has 0 aromatic carbocycles. The van der Waals surface area contributed by atoms with Gasteiger partial charge >= 0.3 is 0 Å². The molecule has 4 atom stereocenters. The molecule has 2 aliphatic carbocycles. The van der Waals surface area contributed by atoms with Crippen LogP contribution in [0.25, 0.3) is 0 Å². The Morgan fingerprint density at radius 2 is 2.18 bits per heavy atom. The average molecular weight is 234 g/mol. The van der Waals surface area contributed by atoms with Crippen LogP contribution >= 0.6 is 0 Å². The maximum absolute atomic E-state index is 12.3. The number of allylic oxidation sites excluding steroid dienone is 1. The summed E-state index contributed by atoms with van der Waals surface area (Å²) in [5.41, 5.74) is 0. The molecule has 1 heterocycles. The zero-order chi connectivity index (χ0) is 11.7. The Morgan fingerprint density at radius 1 is 1.24 bits per heavy atom. The minimum absolute atomic E-state index is 0.0911. The predicted molar refractivity (Wildman–Crippen MR) is 67.5 cm³/mol. The van der Waals surface area contributed by atoms with Crippen LogP contribution in [0.2, 0.25) is 0 Å². The first-order valence-electron chi connectivity index (χ1n) is 7.03. The van der Waals surface area contributed by atoms with Crippen molar-refractivity contribution in [3.63, 3.8) is 0 Å². The minimum Gasteiger partial charge on any atom is -0.352 e. The second kappa shape index (κ2) is 4.81. The van der Waals surface area contributed by atoms with Crippen molar-refractivity contribution < 1.29 is 4.79 Å². The first kappa shape index (κ1) is 11.3. The molecule has 0 bridgehead atoms. The van der Waals surface area contributed by atoms with Crippen molar-refractivity contribution in [3.05, 3.63) is 12.2 Å². The Balaban J connectivity index is 1.57. The standard InChI is InChI=1S/C14H22N2O/c17-14(16-11-6-2-1-3-7-11)13-12-8-4-5-10(12)9-15-13/h1-2,10-13,15H,3-9H2,(H,16,17). The summed E-state index contributed by atoms with van der Waals surface area (Å²) in [5.74, 6) is 1.62. The summed E-state index contributed by atoms with van der Waals surface area (Å²) in [7, 11) is 0. The lowest BCUT2D eigenvalue weighted by Crippen LogP contribution is -2.47. The summed E-state index contributed by atoms with van der Waals surface area (Å²) in [6.07, 6.45) is 11.5. The number of hydrogen-bond donors (Lipinski definition) is 2. The molecule has 1 saturated carbocycles. The fourth-order valence-electron chi connectivity index (χ4n) is 3.69. The summed E-state index contributed by atoms with van der Waals surface area (Å²) in [5, 5.41) is 6.64. The molecule has 17 heavy (non-hydrogen) atoms. The van der Waals surface area contributed by atoms with E-state index in [4.69, 9.17) is 0 Å². The number of carbonyl (C=O) groups excluding carboxylic acids is 1. The third-order valence-electron chi connectivity index (χ3n) is 4.64. The highest BCUT2D eigenvalue weighted by Gasteiger charge is 2.42. The number of hydrogen-bond acceptors (Lipinski definition) is 2. The molecule has 2 fully saturated rings.